The first-order chi connectivity index (χ1) is 12.2. The van der Waals surface area contributed by atoms with Crippen molar-refractivity contribution >= 4 is 41.8 Å². The van der Waals surface area contributed by atoms with Crippen molar-refractivity contribution in [2.75, 3.05) is 41.3 Å². The van der Waals surface area contributed by atoms with Gasteiger partial charge in [0.15, 0.2) is 5.96 Å². The smallest absolute Gasteiger partial charge is 0.253 e. The summed E-state index contributed by atoms with van der Waals surface area (Å²) in [4.78, 5) is 31.3. The molecule has 0 radical (unpaired) electrons. The van der Waals surface area contributed by atoms with Crippen molar-refractivity contribution in [2.45, 2.75) is 20.4 Å². The molecule has 0 atom stereocenters. The van der Waals surface area contributed by atoms with Gasteiger partial charge in [-0.15, -0.1) is 24.0 Å². The fraction of sp³-hybridized carbons (Fsp3) is 0.526. The average Bonchev–Trinajstić information content (AvgIpc) is 2.60. The summed E-state index contributed by atoms with van der Waals surface area (Å²) in [5.41, 5.74) is 1.64. The summed E-state index contributed by atoms with van der Waals surface area (Å²) in [5.74, 6) is 1.02. The number of benzene rings is 1. The topological polar surface area (TPSA) is 77.0 Å². The maximum Gasteiger partial charge on any atom is 0.253 e. The third-order valence-electron chi connectivity index (χ3n) is 3.61. The molecule has 0 aliphatic carbocycles. The molecule has 0 fully saturated rings. The average molecular weight is 489 g/mol. The van der Waals surface area contributed by atoms with Gasteiger partial charge in [0.1, 0.15) is 0 Å². The zero-order valence-electron chi connectivity index (χ0n) is 17.1. The molecule has 0 aromatic heterocycles. The van der Waals surface area contributed by atoms with Gasteiger partial charge in [0, 0.05) is 40.3 Å². The van der Waals surface area contributed by atoms with E-state index in [0.29, 0.717) is 24.0 Å². The Bertz CT molecular complexity index is 627. The molecule has 0 heterocycles. The second-order valence-electron chi connectivity index (χ2n) is 6.98. The third-order valence-corrected chi connectivity index (χ3v) is 3.61. The van der Waals surface area contributed by atoms with Gasteiger partial charge >= 0.3 is 0 Å². The molecule has 27 heavy (non-hydrogen) atoms. The molecule has 152 valence electrons. The summed E-state index contributed by atoms with van der Waals surface area (Å²) in [7, 11) is 6.90. The van der Waals surface area contributed by atoms with Gasteiger partial charge in [-0.3, -0.25) is 9.59 Å². The van der Waals surface area contributed by atoms with E-state index in [-0.39, 0.29) is 42.3 Å². The zero-order chi connectivity index (χ0) is 19.7. The molecule has 8 heteroatoms. The number of hydrogen-bond donors (Lipinski definition) is 2. The van der Waals surface area contributed by atoms with E-state index >= 15 is 0 Å². The second-order valence-corrected chi connectivity index (χ2v) is 6.98. The maximum absolute atomic E-state index is 11.9. The first kappa shape index (κ1) is 25.2. The Hall–Kier alpha value is -1.84. The summed E-state index contributed by atoms with van der Waals surface area (Å²) >= 11 is 0. The Kier molecular flexibility index (Phi) is 11.7. The van der Waals surface area contributed by atoms with Crippen LogP contribution in [0.25, 0.3) is 0 Å². The van der Waals surface area contributed by atoms with Crippen LogP contribution in [-0.4, -0.2) is 68.9 Å². The number of nitrogens with zero attached hydrogens (tertiary/aromatic N) is 3. The third kappa shape index (κ3) is 9.60. The Morgan fingerprint density at radius 2 is 1.59 bits per heavy atom. The Balaban J connectivity index is 0.00000676. The van der Waals surface area contributed by atoms with Gasteiger partial charge in [0.2, 0.25) is 5.91 Å². The minimum atomic E-state index is -0.0248. The molecular weight excluding hydrogens is 457 g/mol. The molecule has 0 unspecified atom stereocenters. The lowest BCUT2D eigenvalue weighted by Gasteiger charge is -2.16. The van der Waals surface area contributed by atoms with Crippen LogP contribution in [0.15, 0.2) is 29.3 Å². The van der Waals surface area contributed by atoms with Crippen molar-refractivity contribution in [2.24, 2.45) is 10.9 Å². The summed E-state index contributed by atoms with van der Waals surface area (Å²) < 4.78 is 0. The van der Waals surface area contributed by atoms with E-state index in [2.05, 4.69) is 29.5 Å². The van der Waals surface area contributed by atoms with E-state index < -0.39 is 0 Å². The van der Waals surface area contributed by atoms with Gasteiger partial charge < -0.3 is 20.4 Å². The van der Waals surface area contributed by atoms with Gasteiger partial charge in [0.05, 0.1) is 13.1 Å². The minimum absolute atomic E-state index is 0. The Morgan fingerprint density at radius 1 is 1.00 bits per heavy atom. The van der Waals surface area contributed by atoms with Gasteiger partial charge in [-0.05, 0) is 23.6 Å². The molecule has 0 aliphatic rings. The quantitative estimate of drug-likeness (QED) is 0.348. The van der Waals surface area contributed by atoms with E-state index in [1.165, 1.54) is 4.90 Å². The van der Waals surface area contributed by atoms with E-state index in [1.54, 1.807) is 45.2 Å². The van der Waals surface area contributed by atoms with Gasteiger partial charge in [-0.2, -0.15) is 0 Å². The molecule has 0 aliphatic heterocycles. The highest BCUT2D eigenvalue weighted by Crippen LogP contribution is 2.07. The predicted molar refractivity (Wildman–Crippen MR) is 121 cm³/mol. The molecule has 0 spiro atoms. The lowest BCUT2D eigenvalue weighted by Crippen LogP contribution is -2.44. The highest BCUT2D eigenvalue weighted by Gasteiger charge is 2.08. The number of hydrogen-bond acceptors (Lipinski definition) is 3. The molecule has 1 aromatic carbocycles. The van der Waals surface area contributed by atoms with Crippen molar-refractivity contribution in [3.8, 4) is 0 Å². The van der Waals surface area contributed by atoms with Crippen LogP contribution in [0.4, 0.5) is 0 Å². The van der Waals surface area contributed by atoms with Crippen LogP contribution in [0, 0.1) is 5.92 Å². The van der Waals surface area contributed by atoms with Crippen LogP contribution in [0.5, 0.6) is 0 Å². The normalized spacial score (nSPS) is 10.9. The van der Waals surface area contributed by atoms with Crippen LogP contribution in [-0.2, 0) is 11.3 Å². The second kappa shape index (κ2) is 12.5. The number of likely N-dealkylation sites (N-methyl/N-ethyl adjacent to an activating group) is 1. The lowest BCUT2D eigenvalue weighted by atomic mass is 10.1. The van der Waals surface area contributed by atoms with Crippen molar-refractivity contribution in [3.63, 3.8) is 0 Å². The van der Waals surface area contributed by atoms with Crippen LogP contribution in [0.3, 0.4) is 0 Å². The largest absolute Gasteiger partial charge is 0.356 e. The number of rotatable bonds is 7. The molecule has 2 N–H and O–H groups in total. The highest BCUT2D eigenvalue weighted by atomic mass is 127. The fourth-order valence-corrected chi connectivity index (χ4v) is 1.97. The summed E-state index contributed by atoms with van der Waals surface area (Å²) in [6.45, 7) is 5.62. The Labute approximate surface area is 179 Å². The predicted octanol–water partition coefficient (Wildman–Crippen LogP) is 1.79. The van der Waals surface area contributed by atoms with Gasteiger partial charge in [-0.25, -0.2) is 4.99 Å². The lowest BCUT2D eigenvalue weighted by molar-refractivity contribution is -0.127. The van der Waals surface area contributed by atoms with Crippen LogP contribution in [0.2, 0.25) is 0 Å². The molecule has 0 saturated carbocycles. The molecule has 7 nitrogen and oxygen atoms in total. The van der Waals surface area contributed by atoms with Crippen molar-refractivity contribution in [1.29, 1.82) is 0 Å². The molecule has 0 saturated heterocycles. The standard InChI is InChI=1S/C19H31N5O2.HI/c1-14(2)11-20-19(22-13-17(25)23(3)4)21-12-15-7-9-16(10-8-15)18(26)24(5)6;/h7-10,14H,11-13H2,1-6H3,(H2,20,21,22);1H. The maximum atomic E-state index is 11.9. The first-order valence-corrected chi connectivity index (χ1v) is 8.73. The number of halogens is 1. The van der Waals surface area contributed by atoms with E-state index in [1.807, 2.05) is 12.1 Å². The number of guanidine groups is 1. The zero-order valence-corrected chi connectivity index (χ0v) is 19.4. The number of carbonyl (C=O) groups is 2. The summed E-state index contributed by atoms with van der Waals surface area (Å²) in [5, 5.41) is 6.29. The SMILES string of the molecule is CC(C)CNC(=NCc1ccc(C(=O)N(C)C)cc1)NCC(=O)N(C)C.I. The summed E-state index contributed by atoms with van der Waals surface area (Å²) in [6, 6.07) is 7.39. The summed E-state index contributed by atoms with van der Waals surface area (Å²) in [6.07, 6.45) is 0. The van der Waals surface area contributed by atoms with Gasteiger partial charge in [0.25, 0.3) is 5.91 Å². The van der Waals surface area contributed by atoms with E-state index in [4.69, 9.17) is 0 Å². The number of amides is 2. The van der Waals surface area contributed by atoms with Crippen molar-refractivity contribution in [1.82, 2.24) is 20.4 Å². The van der Waals surface area contributed by atoms with Crippen LogP contribution >= 0.6 is 24.0 Å². The number of nitrogens with one attached hydrogen (secondary N) is 2. The number of aliphatic imine (C=N–C) groups is 1. The highest BCUT2D eigenvalue weighted by molar-refractivity contribution is 14.0. The molecule has 1 rings (SSSR count). The van der Waals surface area contributed by atoms with Crippen molar-refractivity contribution < 1.29 is 9.59 Å². The first-order valence-electron chi connectivity index (χ1n) is 8.73. The molecule has 1 aromatic rings. The van der Waals surface area contributed by atoms with Crippen LogP contribution in [0.1, 0.15) is 29.8 Å². The Morgan fingerprint density at radius 3 is 2.07 bits per heavy atom. The van der Waals surface area contributed by atoms with Crippen molar-refractivity contribution in [3.05, 3.63) is 35.4 Å². The molecule has 0 bridgehead atoms. The monoisotopic (exact) mass is 489 g/mol. The van der Waals surface area contributed by atoms with Crippen LogP contribution < -0.4 is 10.6 Å². The van der Waals surface area contributed by atoms with E-state index in [0.717, 1.165) is 12.1 Å². The molecular formula is C19H32IN5O2. The fourth-order valence-electron chi connectivity index (χ4n) is 1.97. The molecule has 2 amide bonds. The van der Waals surface area contributed by atoms with Gasteiger partial charge in [-0.1, -0.05) is 26.0 Å². The van der Waals surface area contributed by atoms with E-state index in [9.17, 15) is 9.59 Å². The minimum Gasteiger partial charge on any atom is -0.356 e. The number of carbonyl (C=O) groups excluding carboxylic acids is 2.